The number of piperidine rings is 1. The Kier molecular flexibility index (Phi) is 5.20. The molecule has 1 aromatic heterocycles. The van der Waals surface area contributed by atoms with Gasteiger partial charge in [-0.3, -0.25) is 5.41 Å². The number of carbonyl (C=O) groups is 1. The average Bonchev–Trinajstić information content (AvgIpc) is 3.16. The van der Waals surface area contributed by atoms with Gasteiger partial charge in [0.2, 0.25) is 0 Å². The third-order valence-corrected chi connectivity index (χ3v) is 5.62. The van der Waals surface area contributed by atoms with E-state index in [0.717, 1.165) is 42.5 Å². The molecule has 0 aliphatic carbocycles. The summed E-state index contributed by atoms with van der Waals surface area (Å²) in [6.45, 7) is 4.22. The Morgan fingerprint density at radius 3 is 2.52 bits per heavy atom. The largest absolute Gasteiger partial charge is 0.478 e. The molecule has 1 saturated heterocycles. The smallest absolute Gasteiger partial charge is 0.335 e. The van der Waals surface area contributed by atoms with Crippen molar-refractivity contribution in [2.45, 2.75) is 32.4 Å². The highest BCUT2D eigenvalue weighted by Crippen LogP contribution is 2.22. The van der Waals surface area contributed by atoms with Crippen molar-refractivity contribution >= 4 is 22.8 Å². The molecule has 0 saturated carbocycles. The SMILES string of the molecule is CC(=N)N1CCC(N(Cc2ccc(C(=O)O)cc2)n2cnc3ccccc32)CC1. The van der Waals surface area contributed by atoms with Gasteiger partial charge in [-0.05, 0) is 49.6 Å². The molecule has 0 bridgehead atoms. The van der Waals surface area contributed by atoms with E-state index < -0.39 is 5.97 Å². The number of hydrogen-bond donors (Lipinski definition) is 2. The lowest BCUT2D eigenvalue weighted by molar-refractivity contribution is 0.0697. The molecule has 1 fully saturated rings. The van der Waals surface area contributed by atoms with Crippen LogP contribution >= 0.6 is 0 Å². The van der Waals surface area contributed by atoms with Gasteiger partial charge in [-0.15, -0.1) is 0 Å². The molecule has 29 heavy (non-hydrogen) atoms. The van der Waals surface area contributed by atoms with Crippen LogP contribution in [0.5, 0.6) is 0 Å². The Hall–Kier alpha value is -3.35. The minimum Gasteiger partial charge on any atom is -0.478 e. The first-order valence-corrected chi connectivity index (χ1v) is 9.84. The molecule has 1 aliphatic rings. The number of fused-ring (bicyclic) bond motifs is 1. The van der Waals surface area contributed by atoms with Crippen molar-refractivity contribution in [3.05, 3.63) is 66.0 Å². The monoisotopic (exact) mass is 391 g/mol. The first-order valence-electron chi connectivity index (χ1n) is 9.84. The number of likely N-dealkylation sites (tertiary alicyclic amines) is 1. The van der Waals surface area contributed by atoms with Gasteiger partial charge in [0.25, 0.3) is 0 Å². The van der Waals surface area contributed by atoms with E-state index in [1.807, 2.05) is 43.6 Å². The first-order chi connectivity index (χ1) is 14.0. The summed E-state index contributed by atoms with van der Waals surface area (Å²) in [4.78, 5) is 17.8. The van der Waals surface area contributed by atoms with Crippen LogP contribution in [0.2, 0.25) is 0 Å². The summed E-state index contributed by atoms with van der Waals surface area (Å²) in [5, 5.41) is 19.4. The van der Waals surface area contributed by atoms with Crippen molar-refractivity contribution in [1.82, 2.24) is 14.6 Å². The van der Waals surface area contributed by atoms with Gasteiger partial charge in [-0.1, -0.05) is 24.3 Å². The predicted molar refractivity (Wildman–Crippen MR) is 113 cm³/mol. The zero-order valence-electron chi connectivity index (χ0n) is 16.5. The highest BCUT2D eigenvalue weighted by Gasteiger charge is 2.26. The van der Waals surface area contributed by atoms with Gasteiger partial charge in [-0.2, -0.15) is 0 Å². The lowest BCUT2D eigenvalue weighted by atomic mass is 10.0. The molecule has 150 valence electrons. The third kappa shape index (κ3) is 3.94. The Bertz CT molecular complexity index is 1020. The highest BCUT2D eigenvalue weighted by atomic mass is 16.4. The van der Waals surface area contributed by atoms with Crippen molar-refractivity contribution in [3.63, 3.8) is 0 Å². The molecule has 0 atom stereocenters. The van der Waals surface area contributed by atoms with Gasteiger partial charge < -0.3 is 15.0 Å². The fourth-order valence-electron chi connectivity index (χ4n) is 3.97. The molecule has 2 heterocycles. The summed E-state index contributed by atoms with van der Waals surface area (Å²) in [5.74, 6) is -0.296. The number of nitrogens with zero attached hydrogens (tertiary/aromatic N) is 4. The average molecular weight is 391 g/mol. The van der Waals surface area contributed by atoms with E-state index in [0.29, 0.717) is 24.0 Å². The molecular formula is C22H25N5O2. The number of aromatic carboxylic acids is 1. The minimum atomic E-state index is -0.914. The van der Waals surface area contributed by atoms with Gasteiger partial charge in [0.15, 0.2) is 0 Å². The van der Waals surface area contributed by atoms with E-state index in [1.54, 1.807) is 12.1 Å². The minimum absolute atomic E-state index is 0.295. The Morgan fingerprint density at radius 1 is 1.17 bits per heavy atom. The first kappa shape index (κ1) is 19.0. The van der Waals surface area contributed by atoms with Crippen LogP contribution in [0.15, 0.2) is 54.9 Å². The summed E-state index contributed by atoms with van der Waals surface area (Å²) in [5.41, 5.74) is 3.36. The fraction of sp³-hybridized carbons (Fsp3) is 0.318. The number of nitrogens with one attached hydrogen (secondary N) is 1. The normalized spacial score (nSPS) is 14.9. The Morgan fingerprint density at radius 2 is 1.86 bits per heavy atom. The topological polar surface area (TPSA) is 85.5 Å². The molecule has 1 aliphatic heterocycles. The van der Waals surface area contributed by atoms with Crippen molar-refractivity contribution in [2.24, 2.45) is 0 Å². The molecule has 3 aromatic rings. The number of aromatic nitrogens is 2. The summed E-state index contributed by atoms with van der Waals surface area (Å²) in [6, 6.07) is 15.5. The van der Waals surface area contributed by atoms with E-state index in [1.165, 1.54) is 0 Å². The molecule has 0 unspecified atom stereocenters. The van der Waals surface area contributed by atoms with Gasteiger partial charge in [0.05, 0.1) is 29.0 Å². The Balaban J connectivity index is 1.64. The summed E-state index contributed by atoms with van der Waals surface area (Å²) in [6.07, 6.45) is 3.77. The zero-order valence-corrected chi connectivity index (χ0v) is 16.5. The van der Waals surface area contributed by atoms with Crippen molar-refractivity contribution in [3.8, 4) is 0 Å². The molecule has 0 radical (unpaired) electrons. The third-order valence-electron chi connectivity index (χ3n) is 5.62. The zero-order chi connectivity index (χ0) is 20.4. The maximum absolute atomic E-state index is 11.2. The van der Waals surface area contributed by atoms with Gasteiger partial charge >= 0.3 is 5.97 Å². The number of carboxylic acid groups (broad SMARTS) is 1. The molecule has 4 rings (SSSR count). The van der Waals surface area contributed by atoms with Gasteiger partial charge in [0.1, 0.15) is 6.33 Å². The maximum atomic E-state index is 11.2. The Labute approximate surface area is 169 Å². The van der Waals surface area contributed by atoms with Crippen LogP contribution in [-0.2, 0) is 6.54 Å². The van der Waals surface area contributed by atoms with Gasteiger partial charge in [0, 0.05) is 19.1 Å². The van der Waals surface area contributed by atoms with E-state index in [-0.39, 0.29) is 0 Å². The number of benzene rings is 2. The van der Waals surface area contributed by atoms with E-state index >= 15 is 0 Å². The van der Waals surface area contributed by atoms with E-state index in [2.05, 4.69) is 25.6 Å². The molecule has 7 heteroatoms. The number of amidine groups is 1. The number of imidazole rings is 1. The van der Waals surface area contributed by atoms with E-state index in [9.17, 15) is 4.79 Å². The summed E-state index contributed by atoms with van der Waals surface area (Å²) >= 11 is 0. The number of rotatable bonds is 5. The predicted octanol–water partition coefficient (Wildman–Crippen LogP) is 3.33. The van der Waals surface area contributed by atoms with Gasteiger partial charge in [-0.25, -0.2) is 14.5 Å². The second-order valence-electron chi connectivity index (χ2n) is 7.48. The molecule has 2 N–H and O–H groups in total. The van der Waals surface area contributed by atoms with Crippen molar-refractivity contribution in [1.29, 1.82) is 5.41 Å². The standard InChI is InChI=1S/C22H25N5O2/c1-16(23)25-12-10-19(11-13-25)26(14-17-6-8-18(9-7-17)22(28)29)27-15-24-20-4-2-3-5-21(20)27/h2-9,15,19,23H,10-14H2,1H3,(H,28,29). The van der Waals surface area contributed by atoms with Crippen LogP contribution in [0, 0.1) is 5.41 Å². The fourth-order valence-corrected chi connectivity index (χ4v) is 3.97. The lowest BCUT2D eigenvalue weighted by Gasteiger charge is -2.40. The van der Waals surface area contributed by atoms with Crippen molar-refractivity contribution in [2.75, 3.05) is 18.1 Å². The molecule has 0 amide bonds. The van der Waals surface area contributed by atoms with Crippen LogP contribution in [0.25, 0.3) is 11.0 Å². The lowest BCUT2D eigenvalue weighted by Crippen LogP contribution is -2.50. The molecular weight excluding hydrogens is 366 g/mol. The van der Waals surface area contributed by atoms with Crippen LogP contribution in [0.1, 0.15) is 35.7 Å². The number of hydrogen-bond acceptors (Lipinski definition) is 4. The molecule has 0 spiro atoms. The van der Waals surface area contributed by atoms with E-state index in [4.69, 9.17) is 10.5 Å². The number of para-hydroxylation sites is 2. The molecule has 7 nitrogen and oxygen atoms in total. The second kappa shape index (κ2) is 7.95. The quantitative estimate of drug-likeness (QED) is 0.515. The highest BCUT2D eigenvalue weighted by molar-refractivity contribution is 5.87. The molecule has 2 aromatic carbocycles. The van der Waals surface area contributed by atoms with Crippen LogP contribution in [0.3, 0.4) is 0 Å². The second-order valence-corrected chi connectivity index (χ2v) is 7.48. The van der Waals surface area contributed by atoms with Crippen LogP contribution in [-0.4, -0.2) is 50.6 Å². The summed E-state index contributed by atoms with van der Waals surface area (Å²) in [7, 11) is 0. The maximum Gasteiger partial charge on any atom is 0.335 e. The summed E-state index contributed by atoms with van der Waals surface area (Å²) < 4.78 is 2.12. The van der Waals surface area contributed by atoms with Crippen LogP contribution in [0.4, 0.5) is 0 Å². The number of carboxylic acids is 1. The van der Waals surface area contributed by atoms with Crippen molar-refractivity contribution < 1.29 is 9.90 Å². The van der Waals surface area contributed by atoms with Crippen LogP contribution < -0.4 is 5.01 Å².